The van der Waals surface area contributed by atoms with E-state index >= 15 is 4.39 Å². The van der Waals surface area contributed by atoms with Crippen LogP contribution in [0, 0.1) is 12.7 Å². The fourth-order valence-corrected chi connectivity index (χ4v) is 5.56. The van der Waals surface area contributed by atoms with E-state index in [9.17, 15) is 4.79 Å². The van der Waals surface area contributed by atoms with Crippen LogP contribution in [0.25, 0.3) is 33.1 Å². The summed E-state index contributed by atoms with van der Waals surface area (Å²) in [5.74, 6) is 0.198. The minimum Gasteiger partial charge on any atom is -0.489 e. The maximum Gasteiger partial charge on any atom is 0.246 e. The molecule has 0 saturated carbocycles. The molecular weight excluding hydrogens is 471 g/mol. The van der Waals surface area contributed by atoms with Crippen LogP contribution < -0.4 is 9.64 Å². The molecule has 2 atom stereocenters. The number of hydrogen-bond donors (Lipinski definition) is 1. The van der Waals surface area contributed by atoms with Gasteiger partial charge in [-0.05, 0) is 31.6 Å². The molecule has 0 spiro atoms. The lowest BCUT2D eigenvalue weighted by Crippen LogP contribution is -2.60. The number of aromatic amines is 1. The second-order valence-corrected chi connectivity index (χ2v) is 9.35. The van der Waals surface area contributed by atoms with Gasteiger partial charge in [-0.15, -0.1) is 0 Å². The second-order valence-electron chi connectivity index (χ2n) is 8.97. The van der Waals surface area contributed by atoms with Crippen LogP contribution in [0.5, 0.6) is 5.75 Å². The highest BCUT2D eigenvalue weighted by molar-refractivity contribution is 6.37. The van der Waals surface area contributed by atoms with E-state index in [0.29, 0.717) is 41.1 Å². The van der Waals surface area contributed by atoms with Crippen molar-refractivity contribution in [2.75, 3.05) is 24.6 Å². The maximum atomic E-state index is 16.2. The van der Waals surface area contributed by atoms with E-state index in [2.05, 4.69) is 31.4 Å². The van der Waals surface area contributed by atoms with Gasteiger partial charge in [0.15, 0.2) is 11.6 Å². The molecule has 178 valence electrons. The molecule has 6 rings (SSSR count). The number of amides is 1. The molecule has 1 amide bonds. The number of piperazine rings is 1. The number of nitrogens with zero attached hydrogens (tertiary/aromatic N) is 5. The number of benzene rings is 2. The predicted octanol–water partition coefficient (Wildman–Crippen LogP) is 4.26. The van der Waals surface area contributed by atoms with Crippen LogP contribution in [0.2, 0.25) is 5.02 Å². The maximum absolute atomic E-state index is 16.2. The topological polar surface area (TPSA) is 87.2 Å². The van der Waals surface area contributed by atoms with Crippen LogP contribution in [-0.2, 0) is 4.79 Å². The first-order chi connectivity index (χ1) is 16.9. The number of carbonyl (C=O) groups excluding carboxylic acids is 1. The molecule has 2 aromatic heterocycles. The molecule has 4 aromatic rings. The van der Waals surface area contributed by atoms with Crippen molar-refractivity contribution in [1.82, 2.24) is 24.8 Å². The standard InChI is InChI=1S/C25H22ClFN6O2/c1-4-16(34)32-8-14-9-35-24-19-23(30-11-31-25(19)33(14)7-13(32)3)21(27)18(20(24)26)17-12(2)5-6-15-22(17)29-10-28-15/h4-6,10-11,13-14H,1,7-9H2,2-3H3,(H,28,29)/t13-,14+/m1/s1. The molecule has 1 N–H and O–H groups in total. The minimum absolute atomic E-state index is 0.0946. The van der Waals surface area contributed by atoms with Gasteiger partial charge in [0.05, 0.1) is 33.8 Å². The fourth-order valence-electron chi connectivity index (χ4n) is 5.23. The van der Waals surface area contributed by atoms with Crippen molar-refractivity contribution in [3.8, 4) is 16.9 Å². The van der Waals surface area contributed by atoms with Gasteiger partial charge in [-0.25, -0.2) is 19.3 Å². The normalized spacial score (nSPS) is 19.4. The number of aromatic nitrogens is 4. The second kappa shape index (κ2) is 7.91. The lowest BCUT2D eigenvalue weighted by Gasteiger charge is -2.44. The Morgan fingerprint density at radius 1 is 1.26 bits per heavy atom. The molecule has 2 aliphatic rings. The number of fused-ring (bicyclic) bond motifs is 3. The molecular formula is C25H22ClFN6O2. The van der Waals surface area contributed by atoms with Gasteiger partial charge in [0, 0.05) is 30.3 Å². The van der Waals surface area contributed by atoms with E-state index in [1.54, 1.807) is 11.2 Å². The molecule has 4 heterocycles. The molecule has 2 aliphatic heterocycles. The molecule has 1 saturated heterocycles. The van der Waals surface area contributed by atoms with Crippen molar-refractivity contribution in [3.63, 3.8) is 0 Å². The first-order valence-corrected chi connectivity index (χ1v) is 11.7. The molecule has 35 heavy (non-hydrogen) atoms. The van der Waals surface area contributed by atoms with E-state index in [1.165, 1.54) is 12.4 Å². The third-order valence-corrected chi connectivity index (χ3v) is 7.30. The average molecular weight is 493 g/mol. The number of aryl methyl sites for hydroxylation is 1. The van der Waals surface area contributed by atoms with Gasteiger partial charge < -0.3 is 19.5 Å². The number of halogens is 2. The lowest BCUT2D eigenvalue weighted by molar-refractivity contribution is -0.129. The molecule has 0 radical (unpaired) electrons. The van der Waals surface area contributed by atoms with Crippen molar-refractivity contribution in [2.45, 2.75) is 25.9 Å². The van der Waals surface area contributed by atoms with Gasteiger partial charge in [0.25, 0.3) is 0 Å². The number of carbonyl (C=O) groups is 1. The number of nitrogens with one attached hydrogen (secondary N) is 1. The summed E-state index contributed by atoms with van der Waals surface area (Å²) >= 11 is 6.92. The van der Waals surface area contributed by atoms with Gasteiger partial charge >= 0.3 is 0 Å². The number of anilines is 1. The van der Waals surface area contributed by atoms with Gasteiger partial charge in [-0.3, -0.25) is 4.79 Å². The first kappa shape index (κ1) is 21.8. The van der Waals surface area contributed by atoms with Crippen LogP contribution >= 0.6 is 11.6 Å². The molecule has 0 bridgehead atoms. The van der Waals surface area contributed by atoms with E-state index in [0.717, 1.165) is 11.1 Å². The van der Waals surface area contributed by atoms with E-state index in [4.69, 9.17) is 16.3 Å². The Balaban J connectivity index is 1.58. The highest BCUT2D eigenvalue weighted by Crippen LogP contribution is 2.49. The van der Waals surface area contributed by atoms with Crippen molar-refractivity contribution in [1.29, 1.82) is 0 Å². The van der Waals surface area contributed by atoms with E-state index in [-0.39, 0.29) is 40.7 Å². The summed E-state index contributed by atoms with van der Waals surface area (Å²) in [5, 5.41) is 0.584. The average Bonchev–Trinajstić information content (AvgIpc) is 3.27. The zero-order valence-electron chi connectivity index (χ0n) is 19.2. The van der Waals surface area contributed by atoms with Crippen LogP contribution in [0.4, 0.5) is 10.2 Å². The van der Waals surface area contributed by atoms with Gasteiger partial charge in [-0.2, -0.15) is 0 Å². The summed E-state index contributed by atoms with van der Waals surface area (Å²) in [6.07, 6.45) is 4.25. The summed E-state index contributed by atoms with van der Waals surface area (Å²) in [6, 6.07) is 3.50. The quantitative estimate of drug-likeness (QED) is 0.421. The SMILES string of the molecule is C=CC(=O)N1C[C@H]2COc3c(Cl)c(-c4c(C)ccc5[nH]cnc45)c(F)c4ncnc(c34)N2C[C@H]1C. The summed E-state index contributed by atoms with van der Waals surface area (Å²) in [6.45, 7) is 8.64. The predicted molar refractivity (Wildman–Crippen MR) is 132 cm³/mol. The van der Waals surface area contributed by atoms with Crippen LogP contribution in [0.3, 0.4) is 0 Å². The highest BCUT2D eigenvalue weighted by atomic mass is 35.5. The summed E-state index contributed by atoms with van der Waals surface area (Å²) in [4.78, 5) is 32.5. The third kappa shape index (κ3) is 3.11. The molecule has 2 aromatic carbocycles. The first-order valence-electron chi connectivity index (χ1n) is 11.3. The zero-order valence-corrected chi connectivity index (χ0v) is 19.9. The Kier molecular flexibility index (Phi) is 4.93. The number of ether oxygens (including phenoxy) is 1. The lowest BCUT2D eigenvalue weighted by atomic mass is 9.96. The number of rotatable bonds is 2. The molecule has 8 nitrogen and oxygen atoms in total. The Labute approximate surface area is 205 Å². The van der Waals surface area contributed by atoms with Crippen LogP contribution in [-0.4, -0.2) is 62.5 Å². The zero-order chi connectivity index (χ0) is 24.4. The number of hydrogen-bond acceptors (Lipinski definition) is 6. The van der Waals surface area contributed by atoms with Gasteiger partial charge in [0.2, 0.25) is 5.91 Å². The Morgan fingerprint density at radius 2 is 2.09 bits per heavy atom. The monoisotopic (exact) mass is 492 g/mol. The summed E-state index contributed by atoms with van der Waals surface area (Å²) in [5.41, 5.74) is 3.13. The minimum atomic E-state index is -0.549. The molecule has 0 aliphatic carbocycles. The van der Waals surface area contributed by atoms with Crippen LogP contribution in [0.15, 0.2) is 37.4 Å². The van der Waals surface area contributed by atoms with Crippen molar-refractivity contribution >= 4 is 45.3 Å². The Bertz CT molecular complexity index is 1540. The van der Waals surface area contributed by atoms with E-state index < -0.39 is 5.82 Å². The summed E-state index contributed by atoms with van der Waals surface area (Å²) in [7, 11) is 0. The largest absolute Gasteiger partial charge is 0.489 e. The van der Waals surface area contributed by atoms with Gasteiger partial charge in [0.1, 0.15) is 24.3 Å². The fraction of sp³-hybridized carbons (Fsp3) is 0.280. The Morgan fingerprint density at radius 3 is 2.89 bits per heavy atom. The smallest absolute Gasteiger partial charge is 0.246 e. The molecule has 1 fully saturated rings. The Hall–Kier alpha value is -3.72. The van der Waals surface area contributed by atoms with Crippen molar-refractivity contribution < 1.29 is 13.9 Å². The third-order valence-electron chi connectivity index (χ3n) is 6.94. The van der Waals surface area contributed by atoms with Crippen LogP contribution in [0.1, 0.15) is 12.5 Å². The molecule has 0 unspecified atom stereocenters. The number of imidazole rings is 1. The summed E-state index contributed by atoms with van der Waals surface area (Å²) < 4.78 is 22.5. The van der Waals surface area contributed by atoms with Gasteiger partial charge in [-0.1, -0.05) is 24.2 Å². The van der Waals surface area contributed by atoms with Crippen molar-refractivity contribution in [3.05, 3.63) is 53.8 Å². The van der Waals surface area contributed by atoms with Crippen molar-refractivity contribution in [2.24, 2.45) is 0 Å². The highest BCUT2D eigenvalue weighted by Gasteiger charge is 2.39. The molecule has 10 heteroatoms. The van der Waals surface area contributed by atoms with E-state index in [1.807, 2.05) is 26.0 Å². The number of H-pyrrole nitrogens is 1.